The zero-order valence-corrected chi connectivity index (χ0v) is 25.1. The first-order chi connectivity index (χ1) is 20.5. The second-order valence-electron chi connectivity index (χ2n) is 11.5. The van der Waals surface area contributed by atoms with Gasteiger partial charge in [0.2, 0.25) is 11.8 Å². The Morgan fingerprint density at radius 2 is 1.65 bits per heavy atom. The zero-order chi connectivity index (χ0) is 31.1. The third-order valence-corrected chi connectivity index (χ3v) is 8.20. The van der Waals surface area contributed by atoms with Crippen molar-refractivity contribution in [3.05, 3.63) is 101 Å². The highest BCUT2D eigenvalue weighted by atomic mass is 16.3. The van der Waals surface area contributed by atoms with E-state index >= 15 is 0 Å². The molecule has 43 heavy (non-hydrogen) atoms. The number of unbranched alkanes of at least 4 members (excludes halogenated alkanes) is 1. The summed E-state index contributed by atoms with van der Waals surface area (Å²) in [4.78, 5) is 28.8. The van der Waals surface area contributed by atoms with Crippen LogP contribution in [0.5, 0.6) is 5.75 Å². The summed E-state index contributed by atoms with van der Waals surface area (Å²) in [6, 6.07) is 16.9. The van der Waals surface area contributed by atoms with Crippen molar-refractivity contribution in [3.8, 4) is 5.75 Å². The predicted molar refractivity (Wildman–Crippen MR) is 172 cm³/mol. The molecule has 3 unspecified atom stereocenters. The van der Waals surface area contributed by atoms with Crippen LogP contribution < -0.4 is 27.8 Å². The Bertz CT molecular complexity index is 1450. The van der Waals surface area contributed by atoms with Gasteiger partial charge in [-0.05, 0) is 91.6 Å². The van der Waals surface area contributed by atoms with E-state index in [9.17, 15) is 14.7 Å². The number of benzene rings is 3. The van der Waals surface area contributed by atoms with Crippen molar-refractivity contribution in [2.24, 2.45) is 11.5 Å². The third-order valence-electron chi connectivity index (χ3n) is 8.20. The molecule has 9 nitrogen and oxygen atoms in total. The second kappa shape index (κ2) is 14.2. The van der Waals surface area contributed by atoms with Gasteiger partial charge in [0.1, 0.15) is 11.8 Å². The number of hydrogen-bond acceptors (Lipinski definition) is 7. The van der Waals surface area contributed by atoms with Crippen LogP contribution in [0.15, 0.2) is 72.9 Å². The molecule has 3 atom stereocenters. The number of aromatic hydroxyl groups is 1. The summed E-state index contributed by atoms with van der Waals surface area (Å²) >= 11 is 0. The highest BCUT2D eigenvalue weighted by Gasteiger charge is 2.36. The summed E-state index contributed by atoms with van der Waals surface area (Å²) in [6.45, 7) is 8.64. The number of nitrogens with one attached hydrogen (secondary N) is 2. The predicted octanol–water partition coefficient (Wildman–Crippen LogP) is 3.65. The van der Waals surface area contributed by atoms with E-state index in [1.54, 1.807) is 17.0 Å². The number of carbonyl (C=O) groups is 2. The van der Waals surface area contributed by atoms with E-state index in [0.29, 0.717) is 43.7 Å². The van der Waals surface area contributed by atoms with Crippen LogP contribution in [0, 0.1) is 13.8 Å². The number of carbonyl (C=O) groups excluding carboxylic acids is 2. The van der Waals surface area contributed by atoms with Crippen LogP contribution in [-0.4, -0.2) is 46.5 Å². The maximum atomic E-state index is 13.7. The molecule has 1 heterocycles. The van der Waals surface area contributed by atoms with Gasteiger partial charge in [0.15, 0.2) is 0 Å². The fourth-order valence-corrected chi connectivity index (χ4v) is 5.67. The average Bonchev–Trinajstić information content (AvgIpc) is 2.98. The van der Waals surface area contributed by atoms with E-state index in [4.69, 9.17) is 17.2 Å². The largest absolute Gasteiger partial charge is 0.508 e. The molecule has 0 aliphatic carbocycles. The molecule has 0 saturated carbocycles. The summed E-state index contributed by atoms with van der Waals surface area (Å²) in [5, 5.41) is 16.1. The summed E-state index contributed by atoms with van der Waals surface area (Å²) in [5.74, 6) is -0.275. The van der Waals surface area contributed by atoms with Crippen LogP contribution >= 0.6 is 0 Å². The van der Waals surface area contributed by atoms with Crippen molar-refractivity contribution in [2.45, 2.75) is 70.6 Å². The number of fused-ring (bicyclic) bond motifs is 1. The molecular formula is C34H44N6O3. The summed E-state index contributed by atoms with van der Waals surface area (Å²) in [5.41, 5.74) is 25.6. The summed E-state index contributed by atoms with van der Waals surface area (Å²) in [6.07, 6.45) is 2.97. The number of phenolic OH excluding ortho intramolecular Hbond substituents is 1. The van der Waals surface area contributed by atoms with Gasteiger partial charge in [0.05, 0.1) is 17.4 Å². The average molecular weight is 585 g/mol. The maximum absolute atomic E-state index is 13.7. The lowest BCUT2D eigenvalue weighted by atomic mass is 9.91. The lowest BCUT2D eigenvalue weighted by molar-refractivity contribution is -0.142. The summed E-state index contributed by atoms with van der Waals surface area (Å²) < 4.78 is 0. The van der Waals surface area contributed by atoms with Gasteiger partial charge in [-0.3, -0.25) is 9.59 Å². The number of hydrogen-bond donors (Lipinski definition) is 6. The van der Waals surface area contributed by atoms with E-state index in [-0.39, 0.29) is 23.6 Å². The van der Waals surface area contributed by atoms with Gasteiger partial charge in [-0.1, -0.05) is 43.0 Å². The van der Waals surface area contributed by atoms with Gasteiger partial charge >= 0.3 is 0 Å². The van der Waals surface area contributed by atoms with E-state index in [1.807, 2.05) is 62.4 Å². The highest BCUT2D eigenvalue weighted by Crippen LogP contribution is 2.26. The Labute approximate surface area is 254 Å². The molecule has 9 N–H and O–H groups in total. The normalized spacial score (nSPS) is 15.7. The molecule has 0 radical (unpaired) electrons. The van der Waals surface area contributed by atoms with Gasteiger partial charge < -0.3 is 37.8 Å². The maximum Gasteiger partial charge on any atom is 0.243 e. The minimum Gasteiger partial charge on any atom is -0.508 e. The molecule has 0 spiro atoms. The summed E-state index contributed by atoms with van der Waals surface area (Å²) in [7, 11) is 0. The Kier molecular flexibility index (Phi) is 10.4. The van der Waals surface area contributed by atoms with Crippen molar-refractivity contribution >= 4 is 23.2 Å². The Morgan fingerprint density at radius 3 is 2.35 bits per heavy atom. The number of nitrogens with zero attached hydrogens (tertiary/aromatic N) is 1. The van der Waals surface area contributed by atoms with Gasteiger partial charge in [-0.2, -0.15) is 0 Å². The second-order valence-corrected chi connectivity index (χ2v) is 11.5. The molecule has 0 saturated heterocycles. The molecule has 4 rings (SSSR count). The molecule has 0 aromatic heterocycles. The molecule has 2 amide bonds. The number of amides is 2. The number of nitrogens with two attached hydrogens (primary N) is 3. The van der Waals surface area contributed by atoms with E-state index in [1.165, 1.54) is 0 Å². The smallest absolute Gasteiger partial charge is 0.243 e. The molecule has 1 aliphatic heterocycles. The molecule has 228 valence electrons. The zero-order valence-electron chi connectivity index (χ0n) is 25.1. The van der Waals surface area contributed by atoms with Crippen molar-refractivity contribution in [2.75, 3.05) is 17.6 Å². The molecule has 3 aromatic carbocycles. The van der Waals surface area contributed by atoms with Crippen LogP contribution in [0.3, 0.4) is 0 Å². The number of nitrogen functional groups attached to an aromatic ring is 1. The van der Waals surface area contributed by atoms with Gasteiger partial charge in [0.25, 0.3) is 0 Å². The van der Waals surface area contributed by atoms with E-state index in [2.05, 4.69) is 17.2 Å². The first-order valence-electron chi connectivity index (χ1n) is 14.8. The number of para-hydroxylation sites is 2. The van der Waals surface area contributed by atoms with Crippen molar-refractivity contribution in [3.63, 3.8) is 0 Å². The van der Waals surface area contributed by atoms with Crippen LogP contribution in [0.4, 0.5) is 11.4 Å². The Balaban J connectivity index is 1.33. The van der Waals surface area contributed by atoms with Crippen LogP contribution in [0.1, 0.15) is 47.1 Å². The SMILES string of the molecule is C=C(Nc1ccccc1N)C(N)CCCCNC(=O)C1Cc2ccccc2CN1C(=O)C(N)Cc1c(C)cc(O)cc1C. The van der Waals surface area contributed by atoms with Crippen LogP contribution in [0.25, 0.3) is 0 Å². The highest BCUT2D eigenvalue weighted by molar-refractivity contribution is 5.90. The molecule has 0 fully saturated rings. The van der Waals surface area contributed by atoms with Gasteiger partial charge in [-0.15, -0.1) is 0 Å². The fraction of sp³-hybridized carbons (Fsp3) is 0.353. The molecule has 0 bridgehead atoms. The first-order valence-corrected chi connectivity index (χ1v) is 14.8. The minimum atomic E-state index is -0.822. The monoisotopic (exact) mass is 584 g/mol. The topological polar surface area (TPSA) is 160 Å². The fourth-order valence-electron chi connectivity index (χ4n) is 5.67. The van der Waals surface area contributed by atoms with Crippen molar-refractivity contribution in [1.82, 2.24) is 10.2 Å². The minimum absolute atomic E-state index is 0.184. The standard InChI is InChI=1S/C34H44N6O3/c1-21-16-26(41)17-22(2)27(21)19-30(37)34(43)40-20-25-11-5-4-10-24(25)18-32(40)33(42)38-15-9-8-12-28(35)23(3)39-31-14-7-6-13-29(31)36/h4-7,10-11,13-14,16-17,28,30,32,39,41H,3,8-9,12,15,18-20,35-37H2,1-2H3,(H,38,42). The molecule has 3 aromatic rings. The number of phenols is 1. The van der Waals surface area contributed by atoms with Gasteiger partial charge in [-0.25, -0.2) is 0 Å². The Hall–Kier alpha value is -4.34. The molecule has 9 heteroatoms. The lowest BCUT2D eigenvalue weighted by Gasteiger charge is -2.37. The first kappa shape index (κ1) is 31.6. The number of anilines is 2. The van der Waals surface area contributed by atoms with Crippen LogP contribution in [-0.2, 0) is 29.0 Å². The van der Waals surface area contributed by atoms with Crippen molar-refractivity contribution < 1.29 is 14.7 Å². The molecular weight excluding hydrogens is 540 g/mol. The molecule has 1 aliphatic rings. The Morgan fingerprint density at radius 1 is 1.00 bits per heavy atom. The van der Waals surface area contributed by atoms with Gasteiger partial charge in [0, 0.05) is 31.2 Å². The number of aryl methyl sites for hydroxylation is 2. The third kappa shape index (κ3) is 7.94. The van der Waals surface area contributed by atoms with Crippen molar-refractivity contribution in [1.29, 1.82) is 0 Å². The quantitative estimate of drug-likeness (QED) is 0.140. The van der Waals surface area contributed by atoms with Crippen LogP contribution in [0.2, 0.25) is 0 Å². The van der Waals surface area contributed by atoms with E-state index in [0.717, 1.165) is 46.3 Å². The lowest BCUT2D eigenvalue weighted by Crippen LogP contribution is -2.56. The van der Waals surface area contributed by atoms with E-state index < -0.39 is 12.1 Å². The number of rotatable bonds is 12.